The fraction of sp³-hybridized carbons (Fsp3) is 0.333. The molecule has 2 heterocycles. The lowest BCUT2D eigenvalue weighted by atomic mass is 9.93. The van der Waals surface area contributed by atoms with E-state index in [1.165, 1.54) is 0 Å². The molecule has 1 unspecified atom stereocenters. The van der Waals surface area contributed by atoms with Crippen LogP contribution in [0.2, 0.25) is 10.0 Å². The molecule has 126 valence electrons. The molecular weight excluding hydrogens is 347 g/mol. The zero-order valence-corrected chi connectivity index (χ0v) is 14.5. The molecule has 1 atom stereocenters. The summed E-state index contributed by atoms with van der Waals surface area (Å²) in [5, 5.41) is 10.4. The number of carboxylic acids is 1. The van der Waals surface area contributed by atoms with E-state index in [-0.39, 0.29) is 12.0 Å². The van der Waals surface area contributed by atoms with E-state index in [0.717, 1.165) is 11.3 Å². The van der Waals surface area contributed by atoms with Crippen molar-refractivity contribution in [2.24, 2.45) is 5.92 Å². The largest absolute Gasteiger partial charge is 0.481 e. The van der Waals surface area contributed by atoms with Gasteiger partial charge in [-0.2, -0.15) is 0 Å². The Balaban J connectivity index is 1.93. The molecule has 1 N–H and O–H groups in total. The van der Waals surface area contributed by atoms with Gasteiger partial charge in [0.15, 0.2) is 0 Å². The Hall–Kier alpha value is -1.62. The van der Waals surface area contributed by atoms with Crippen LogP contribution in [0.5, 0.6) is 0 Å². The molecular formula is C18H18Cl2N2O2. The smallest absolute Gasteiger partial charge is 0.306 e. The molecule has 0 saturated carbocycles. The molecule has 1 saturated heterocycles. The second-order valence-electron chi connectivity index (χ2n) is 5.97. The van der Waals surface area contributed by atoms with Crippen LogP contribution in [0.4, 0.5) is 0 Å². The molecule has 24 heavy (non-hydrogen) atoms. The molecule has 0 bridgehead atoms. The lowest BCUT2D eigenvalue weighted by molar-refractivity contribution is -0.143. The van der Waals surface area contributed by atoms with E-state index in [0.29, 0.717) is 36.0 Å². The highest BCUT2D eigenvalue weighted by Crippen LogP contribution is 2.36. The minimum Gasteiger partial charge on any atom is -0.481 e. The summed E-state index contributed by atoms with van der Waals surface area (Å²) in [6, 6.07) is 11.2. The van der Waals surface area contributed by atoms with Gasteiger partial charge in [0.2, 0.25) is 0 Å². The molecule has 0 aliphatic carbocycles. The van der Waals surface area contributed by atoms with E-state index in [1.54, 1.807) is 12.3 Å². The lowest BCUT2D eigenvalue weighted by Gasteiger charge is -2.36. The summed E-state index contributed by atoms with van der Waals surface area (Å²) in [4.78, 5) is 17.9. The third-order valence-corrected chi connectivity index (χ3v) is 5.03. The number of piperidine rings is 1. The van der Waals surface area contributed by atoms with Gasteiger partial charge in [-0.25, -0.2) is 0 Å². The van der Waals surface area contributed by atoms with Gasteiger partial charge < -0.3 is 5.11 Å². The van der Waals surface area contributed by atoms with Crippen molar-refractivity contribution in [3.05, 3.63) is 63.9 Å². The Morgan fingerprint density at radius 3 is 2.54 bits per heavy atom. The van der Waals surface area contributed by atoms with Crippen molar-refractivity contribution in [1.82, 2.24) is 9.88 Å². The van der Waals surface area contributed by atoms with E-state index >= 15 is 0 Å². The summed E-state index contributed by atoms with van der Waals surface area (Å²) in [5.41, 5.74) is 1.84. The third kappa shape index (κ3) is 3.72. The summed E-state index contributed by atoms with van der Waals surface area (Å²) in [7, 11) is 0. The van der Waals surface area contributed by atoms with E-state index in [2.05, 4.69) is 9.88 Å². The van der Waals surface area contributed by atoms with Gasteiger partial charge >= 0.3 is 5.97 Å². The van der Waals surface area contributed by atoms with Crippen LogP contribution in [0.15, 0.2) is 42.6 Å². The summed E-state index contributed by atoms with van der Waals surface area (Å²) in [6.45, 7) is 1.38. The Morgan fingerprint density at radius 1 is 1.21 bits per heavy atom. The van der Waals surface area contributed by atoms with Crippen LogP contribution in [-0.2, 0) is 4.79 Å². The van der Waals surface area contributed by atoms with Crippen molar-refractivity contribution in [1.29, 1.82) is 0 Å². The van der Waals surface area contributed by atoms with E-state index < -0.39 is 5.97 Å². The van der Waals surface area contributed by atoms with E-state index in [9.17, 15) is 9.90 Å². The standard InChI is InChI=1S/C18H18Cl2N2O2/c19-13-4-5-14(15(20)11-13)17(16-3-1-2-8-21-16)22-9-6-12(7-10-22)18(23)24/h1-5,8,11-12,17H,6-7,9-10H2,(H,23,24). The molecule has 4 nitrogen and oxygen atoms in total. The third-order valence-electron chi connectivity index (χ3n) is 4.47. The molecule has 1 aliphatic rings. The van der Waals surface area contributed by atoms with Crippen molar-refractivity contribution < 1.29 is 9.90 Å². The fourth-order valence-corrected chi connectivity index (χ4v) is 3.72. The van der Waals surface area contributed by atoms with Gasteiger partial charge in [0.25, 0.3) is 0 Å². The number of likely N-dealkylation sites (tertiary alicyclic amines) is 1. The molecule has 6 heteroatoms. The molecule has 0 amide bonds. The number of hydrogen-bond donors (Lipinski definition) is 1. The lowest BCUT2D eigenvalue weighted by Crippen LogP contribution is -2.39. The summed E-state index contributed by atoms with van der Waals surface area (Å²) in [5.74, 6) is -0.986. The molecule has 2 aromatic rings. The van der Waals surface area contributed by atoms with Crippen LogP contribution in [0, 0.1) is 5.92 Å². The average molecular weight is 365 g/mol. The second-order valence-corrected chi connectivity index (χ2v) is 6.82. The van der Waals surface area contributed by atoms with Gasteiger partial charge in [-0.3, -0.25) is 14.7 Å². The highest BCUT2D eigenvalue weighted by atomic mass is 35.5. The van der Waals surface area contributed by atoms with Gasteiger partial charge in [-0.15, -0.1) is 0 Å². The molecule has 3 rings (SSSR count). The first-order valence-electron chi connectivity index (χ1n) is 7.89. The minimum atomic E-state index is -0.714. The van der Waals surface area contributed by atoms with E-state index in [1.807, 2.05) is 30.3 Å². The Bertz CT molecular complexity index is 716. The zero-order chi connectivity index (χ0) is 17.1. The number of benzene rings is 1. The summed E-state index contributed by atoms with van der Waals surface area (Å²) >= 11 is 12.5. The van der Waals surface area contributed by atoms with Gasteiger partial charge in [0, 0.05) is 16.2 Å². The molecule has 1 aromatic heterocycles. The number of hydrogen-bond acceptors (Lipinski definition) is 3. The van der Waals surface area contributed by atoms with E-state index in [4.69, 9.17) is 23.2 Å². The molecule has 1 aliphatic heterocycles. The minimum absolute atomic E-state index is 0.106. The van der Waals surface area contributed by atoms with Crippen molar-refractivity contribution in [2.75, 3.05) is 13.1 Å². The van der Waals surface area contributed by atoms with Crippen LogP contribution in [0.3, 0.4) is 0 Å². The van der Waals surface area contributed by atoms with Crippen molar-refractivity contribution in [3.63, 3.8) is 0 Å². The highest BCUT2D eigenvalue weighted by Gasteiger charge is 2.31. The fourth-order valence-electron chi connectivity index (χ4n) is 3.21. The number of nitrogens with zero attached hydrogens (tertiary/aromatic N) is 2. The van der Waals surface area contributed by atoms with Gasteiger partial charge in [0.05, 0.1) is 17.7 Å². The second kappa shape index (κ2) is 7.51. The number of halogens is 2. The average Bonchev–Trinajstić information content (AvgIpc) is 2.58. The monoisotopic (exact) mass is 364 g/mol. The Labute approximate surface area is 151 Å². The van der Waals surface area contributed by atoms with Crippen LogP contribution < -0.4 is 0 Å². The number of rotatable bonds is 4. The highest BCUT2D eigenvalue weighted by molar-refractivity contribution is 6.35. The van der Waals surface area contributed by atoms with Gasteiger partial charge in [-0.05, 0) is 55.8 Å². The number of carbonyl (C=O) groups is 1. The molecule has 0 spiro atoms. The topological polar surface area (TPSA) is 53.4 Å². The summed E-state index contributed by atoms with van der Waals surface area (Å²) in [6.07, 6.45) is 3.02. The molecule has 0 radical (unpaired) electrons. The first-order valence-corrected chi connectivity index (χ1v) is 8.64. The maximum Gasteiger partial charge on any atom is 0.306 e. The van der Waals surface area contributed by atoms with Crippen molar-refractivity contribution >= 4 is 29.2 Å². The van der Waals surface area contributed by atoms with Crippen LogP contribution >= 0.6 is 23.2 Å². The predicted molar refractivity (Wildman–Crippen MR) is 94.5 cm³/mol. The van der Waals surface area contributed by atoms with Crippen LogP contribution in [-0.4, -0.2) is 34.0 Å². The zero-order valence-electron chi connectivity index (χ0n) is 13.0. The summed E-state index contributed by atoms with van der Waals surface area (Å²) < 4.78 is 0. The number of pyridine rings is 1. The number of aliphatic carboxylic acids is 1. The predicted octanol–water partition coefficient (Wildman–Crippen LogP) is 4.27. The Kier molecular flexibility index (Phi) is 5.39. The SMILES string of the molecule is O=C(O)C1CCN(C(c2ccccn2)c2ccc(Cl)cc2Cl)CC1. The van der Waals surface area contributed by atoms with Crippen LogP contribution in [0.1, 0.15) is 30.1 Å². The first kappa shape index (κ1) is 17.2. The quantitative estimate of drug-likeness (QED) is 0.879. The maximum absolute atomic E-state index is 11.2. The van der Waals surface area contributed by atoms with Gasteiger partial charge in [-0.1, -0.05) is 35.3 Å². The molecule has 1 aromatic carbocycles. The normalized spacial score (nSPS) is 17.6. The first-order chi connectivity index (χ1) is 11.6. The number of aromatic nitrogens is 1. The Morgan fingerprint density at radius 2 is 1.96 bits per heavy atom. The molecule has 1 fully saturated rings. The number of carboxylic acid groups (broad SMARTS) is 1. The van der Waals surface area contributed by atoms with Gasteiger partial charge in [0.1, 0.15) is 0 Å². The van der Waals surface area contributed by atoms with Crippen molar-refractivity contribution in [2.45, 2.75) is 18.9 Å². The maximum atomic E-state index is 11.2. The van der Waals surface area contributed by atoms with Crippen molar-refractivity contribution in [3.8, 4) is 0 Å². The van der Waals surface area contributed by atoms with Crippen LogP contribution in [0.25, 0.3) is 0 Å².